The maximum Gasteiger partial charge on any atom is 0.184 e. The van der Waals surface area contributed by atoms with Crippen molar-refractivity contribution in [3.63, 3.8) is 0 Å². The van der Waals surface area contributed by atoms with Crippen molar-refractivity contribution in [2.45, 2.75) is 24.9 Å². The van der Waals surface area contributed by atoms with Crippen LogP contribution in [0.15, 0.2) is 22.8 Å². The van der Waals surface area contributed by atoms with Gasteiger partial charge in [0, 0.05) is 36.2 Å². The van der Waals surface area contributed by atoms with E-state index in [-0.39, 0.29) is 17.3 Å². The average molecular weight is 326 g/mol. The number of ether oxygens (including phenoxy) is 2. The van der Waals surface area contributed by atoms with Gasteiger partial charge in [0.15, 0.2) is 5.78 Å². The van der Waals surface area contributed by atoms with Gasteiger partial charge in [-0.1, -0.05) is 0 Å². The number of aromatic nitrogens is 1. The molecule has 0 radical (unpaired) electrons. The Kier molecular flexibility index (Phi) is 3.69. The summed E-state index contributed by atoms with van der Waals surface area (Å²) in [6, 6.07) is 3.63. The van der Waals surface area contributed by atoms with Crippen LogP contribution in [0.1, 0.15) is 29.8 Å². The van der Waals surface area contributed by atoms with Gasteiger partial charge < -0.3 is 9.47 Å². The molecule has 0 amide bonds. The molecule has 19 heavy (non-hydrogen) atoms. The van der Waals surface area contributed by atoms with Crippen molar-refractivity contribution in [3.05, 3.63) is 28.5 Å². The summed E-state index contributed by atoms with van der Waals surface area (Å²) in [5.74, 6) is 0.131. The molecule has 1 aromatic heterocycles. The van der Waals surface area contributed by atoms with E-state index in [9.17, 15) is 4.79 Å². The number of hydrogen-bond acceptors (Lipinski definition) is 4. The molecule has 5 heteroatoms. The second kappa shape index (κ2) is 5.31. The summed E-state index contributed by atoms with van der Waals surface area (Å²) in [7, 11) is 0. The molecule has 0 N–H and O–H groups in total. The molecule has 2 fully saturated rings. The minimum absolute atomic E-state index is 0.00382. The third-order valence-electron chi connectivity index (χ3n) is 3.91. The molecule has 2 atom stereocenters. The van der Waals surface area contributed by atoms with E-state index in [4.69, 9.17) is 9.47 Å². The third kappa shape index (κ3) is 2.73. The molecule has 3 rings (SSSR count). The van der Waals surface area contributed by atoms with Gasteiger partial charge in [0.25, 0.3) is 0 Å². The van der Waals surface area contributed by atoms with Gasteiger partial charge in [-0.3, -0.25) is 9.78 Å². The number of ketones is 1. The van der Waals surface area contributed by atoms with Crippen LogP contribution in [-0.2, 0) is 9.47 Å². The maximum atomic E-state index is 12.5. The van der Waals surface area contributed by atoms with Crippen LogP contribution in [-0.4, -0.2) is 36.2 Å². The summed E-state index contributed by atoms with van der Waals surface area (Å²) < 4.78 is 12.2. The molecule has 102 valence electrons. The molecule has 0 aromatic carbocycles. The van der Waals surface area contributed by atoms with E-state index in [1.165, 1.54) is 0 Å². The van der Waals surface area contributed by atoms with E-state index in [0.717, 1.165) is 30.3 Å². The SMILES string of the molecule is O=C(c1ccc(Br)cn1)C1CCOC2(CCOC2)C1. The Labute approximate surface area is 120 Å². The van der Waals surface area contributed by atoms with Crippen LogP contribution in [0.4, 0.5) is 0 Å². The van der Waals surface area contributed by atoms with Gasteiger partial charge in [0.1, 0.15) is 5.69 Å². The second-order valence-electron chi connectivity index (χ2n) is 5.25. The fourth-order valence-corrected chi connectivity index (χ4v) is 3.08. The summed E-state index contributed by atoms with van der Waals surface area (Å²) in [5, 5.41) is 0. The molecule has 2 unspecified atom stereocenters. The van der Waals surface area contributed by atoms with Crippen LogP contribution >= 0.6 is 15.9 Å². The quantitative estimate of drug-likeness (QED) is 0.784. The molecule has 2 aliphatic rings. The molecule has 1 spiro atoms. The Balaban J connectivity index is 1.74. The number of pyridine rings is 1. The zero-order chi connectivity index (χ0) is 13.3. The van der Waals surface area contributed by atoms with Crippen molar-refractivity contribution < 1.29 is 14.3 Å². The van der Waals surface area contributed by atoms with Gasteiger partial charge in [0.05, 0.1) is 12.2 Å². The average Bonchev–Trinajstić information content (AvgIpc) is 2.87. The van der Waals surface area contributed by atoms with Gasteiger partial charge in [-0.25, -0.2) is 0 Å². The molecule has 3 heterocycles. The van der Waals surface area contributed by atoms with Crippen LogP contribution in [0.3, 0.4) is 0 Å². The summed E-state index contributed by atoms with van der Waals surface area (Å²) >= 11 is 3.33. The van der Waals surface area contributed by atoms with Crippen molar-refractivity contribution in [3.8, 4) is 0 Å². The van der Waals surface area contributed by atoms with Crippen LogP contribution < -0.4 is 0 Å². The van der Waals surface area contributed by atoms with Crippen molar-refractivity contribution >= 4 is 21.7 Å². The Hall–Kier alpha value is -0.780. The highest BCUT2D eigenvalue weighted by Crippen LogP contribution is 2.36. The van der Waals surface area contributed by atoms with Gasteiger partial charge >= 0.3 is 0 Å². The highest BCUT2D eigenvalue weighted by atomic mass is 79.9. The van der Waals surface area contributed by atoms with Gasteiger partial charge in [0.2, 0.25) is 0 Å². The lowest BCUT2D eigenvalue weighted by molar-refractivity contribution is -0.0921. The molecular formula is C14H16BrNO3. The van der Waals surface area contributed by atoms with Crippen molar-refractivity contribution in [2.24, 2.45) is 5.92 Å². The van der Waals surface area contributed by atoms with E-state index < -0.39 is 0 Å². The zero-order valence-corrected chi connectivity index (χ0v) is 12.2. The fraction of sp³-hybridized carbons (Fsp3) is 0.571. The molecule has 0 bridgehead atoms. The normalized spacial score (nSPS) is 30.7. The molecule has 0 saturated carbocycles. The van der Waals surface area contributed by atoms with E-state index >= 15 is 0 Å². The molecule has 2 saturated heterocycles. The van der Waals surface area contributed by atoms with E-state index in [1.54, 1.807) is 12.3 Å². The van der Waals surface area contributed by atoms with Crippen molar-refractivity contribution in [1.29, 1.82) is 0 Å². The number of halogens is 1. The van der Waals surface area contributed by atoms with E-state index in [2.05, 4.69) is 20.9 Å². The molecular weight excluding hydrogens is 310 g/mol. The lowest BCUT2D eigenvalue weighted by atomic mass is 9.82. The standard InChI is InChI=1S/C14H16BrNO3/c15-11-1-2-12(16-8-11)13(17)10-3-5-19-14(7-10)4-6-18-9-14/h1-2,8,10H,3-7,9H2. The largest absolute Gasteiger partial charge is 0.378 e. The minimum atomic E-state index is -0.228. The number of hydrogen-bond donors (Lipinski definition) is 0. The van der Waals surface area contributed by atoms with Gasteiger partial charge in [-0.05, 0) is 40.9 Å². The Morgan fingerprint density at radius 2 is 2.32 bits per heavy atom. The summed E-state index contributed by atoms with van der Waals surface area (Å²) in [6.45, 7) is 1.98. The first kappa shape index (κ1) is 13.2. The highest BCUT2D eigenvalue weighted by molar-refractivity contribution is 9.10. The van der Waals surface area contributed by atoms with Crippen LogP contribution in [0.25, 0.3) is 0 Å². The molecule has 4 nitrogen and oxygen atoms in total. The second-order valence-corrected chi connectivity index (χ2v) is 6.17. The number of carbonyl (C=O) groups excluding carboxylic acids is 1. The Bertz CT molecular complexity index is 468. The Morgan fingerprint density at radius 3 is 3.00 bits per heavy atom. The predicted octanol–water partition coefficient (Wildman–Crippen LogP) is 2.61. The maximum absolute atomic E-state index is 12.5. The monoisotopic (exact) mass is 325 g/mol. The van der Waals surface area contributed by atoms with Crippen molar-refractivity contribution in [1.82, 2.24) is 4.98 Å². The Morgan fingerprint density at radius 1 is 1.42 bits per heavy atom. The lowest BCUT2D eigenvalue weighted by Crippen LogP contribution is -2.42. The smallest absolute Gasteiger partial charge is 0.184 e. The summed E-state index contributed by atoms with van der Waals surface area (Å²) in [4.78, 5) is 16.7. The highest BCUT2D eigenvalue weighted by Gasteiger charge is 2.43. The van der Waals surface area contributed by atoms with Crippen molar-refractivity contribution in [2.75, 3.05) is 19.8 Å². The predicted molar refractivity (Wildman–Crippen MR) is 73.1 cm³/mol. The van der Waals surface area contributed by atoms with Gasteiger partial charge in [-0.15, -0.1) is 0 Å². The third-order valence-corrected chi connectivity index (χ3v) is 4.38. The van der Waals surface area contributed by atoms with Crippen LogP contribution in [0, 0.1) is 5.92 Å². The summed E-state index contributed by atoms with van der Waals surface area (Å²) in [5.41, 5.74) is 0.317. The first-order valence-corrected chi connectivity index (χ1v) is 7.35. The molecule has 2 aliphatic heterocycles. The first-order chi connectivity index (χ1) is 9.19. The number of carbonyl (C=O) groups is 1. The first-order valence-electron chi connectivity index (χ1n) is 6.56. The van der Waals surface area contributed by atoms with E-state index in [0.29, 0.717) is 18.9 Å². The lowest BCUT2D eigenvalue weighted by Gasteiger charge is -2.36. The zero-order valence-electron chi connectivity index (χ0n) is 10.6. The molecule has 0 aliphatic carbocycles. The van der Waals surface area contributed by atoms with Gasteiger partial charge in [-0.2, -0.15) is 0 Å². The van der Waals surface area contributed by atoms with Crippen LogP contribution in [0.5, 0.6) is 0 Å². The molecule has 1 aromatic rings. The van der Waals surface area contributed by atoms with E-state index in [1.807, 2.05) is 6.07 Å². The van der Waals surface area contributed by atoms with Crippen LogP contribution in [0.2, 0.25) is 0 Å². The fourth-order valence-electron chi connectivity index (χ4n) is 2.85. The number of rotatable bonds is 2. The number of nitrogens with zero attached hydrogens (tertiary/aromatic N) is 1. The minimum Gasteiger partial charge on any atom is -0.378 e. The topological polar surface area (TPSA) is 48.4 Å². The summed E-state index contributed by atoms with van der Waals surface area (Å²) in [6.07, 6.45) is 4.09. The number of Topliss-reactive ketones (excluding diaryl/α,β-unsaturated/α-hetero) is 1.